The predicted molar refractivity (Wildman–Crippen MR) is 80.7 cm³/mol. The molecule has 1 aromatic rings. The van der Waals surface area contributed by atoms with E-state index in [0.29, 0.717) is 18.7 Å². The quantitative estimate of drug-likeness (QED) is 0.839. The summed E-state index contributed by atoms with van der Waals surface area (Å²) in [5.41, 5.74) is 1.44. The van der Waals surface area contributed by atoms with E-state index in [0.717, 1.165) is 11.3 Å². The van der Waals surface area contributed by atoms with E-state index in [1.165, 1.54) is 0 Å². The number of carboxylic acids is 1. The summed E-state index contributed by atoms with van der Waals surface area (Å²) in [6.07, 6.45) is 0. The van der Waals surface area contributed by atoms with Gasteiger partial charge in [-0.05, 0) is 44.5 Å². The summed E-state index contributed by atoms with van der Waals surface area (Å²) in [7, 11) is 0. The van der Waals surface area contributed by atoms with Gasteiger partial charge in [0, 0.05) is 18.7 Å². The fraction of sp³-hybridized carbons (Fsp3) is 0.500. The molecule has 0 aliphatic carbocycles. The van der Waals surface area contributed by atoms with Gasteiger partial charge in [0.25, 0.3) is 5.91 Å². The maximum atomic E-state index is 12.4. The summed E-state index contributed by atoms with van der Waals surface area (Å²) in [4.78, 5) is 24.9. The zero-order valence-electron chi connectivity index (χ0n) is 13.0. The molecule has 5 nitrogen and oxygen atoms in total. The highest BCUT2D eigenvalue weighted by Gasteiger charge is 2.20. The molecule has 116 valence electrons. The lowest BCUT2D eigenvalue weighted by Crippen LogP contribution is -2.36. The Morgan fingerprint density at radius 1 is 1.33 bits per heavy atom. The second-order valence-electron chi connectivity index (χ2n) is 5.00. The predicted octanol–water partition coefficient (Wildman–Crippen LogP) is 2.58. The van der Waals surface area contributed by atoms with Crippen molar-refractivity contribution in [2.45, 2.75) is 27.7 Å². The molecule has 0 saturated heterocycles. The zero-order chi connectivity index (χ0) is 16.0. The fourth-order valence-electron chi connectivity index (χ4n) is 2.05. The third kappa shape index (κ3) is 4.48. The molecule has 1 atom stereocenters. The van der Waals surface area contributed by atoms with E-state index in [4.69, 9.17) is 9.84 Å². The number of rotatable bonds is 7. The van der Waals surface area contributed by atoms with Gasteiger partial charge in [-0.1, -0.05) is 6.92 Å². The summed E-state index contributed by atoms with van der Waals surface area (Å²) in [6, 6.07) is 5.27. The van der Waals surface area contributed by atoms with Crippen LogP contribution in [-0.2, 0) is 4.79 Å². The Morgan fingerprint density at radius 3 is 2.48 bits per heavy atom. The van der Waals surface area contributed by atoms with E-state index in [-0.39, 0.29) is 12.5 Å². The number of carbonyl (C=O) groups is 2. The van der Waals surface area contributed by atoms with Crippen LogP contribution in [-0.4, -0.2) is 41.6 Å². The Labute approximate surface area is 125 Å². The molecule has 0 fully saturated rings. The van der Waals surface area contributed by atoms with Gasteiger partial charge >= 0.3 is 5.97 Å². The number of carboxylic acid groups (broad SMARTS) is 1. The Hall–Kier alpha value is -2.04. The zero-order valence-corrected chi connectivity index (χ0v) is 13.0. The third-order valence-electron chi connectivity index (χ3n) is 3.31. The van der Waals surface area contributed by atoms with Gasteiger partial charge in [-0.15, -0.1) is 0 Å². The van der Waals surface area contributed by atoms with Crippen molar-refractivity contribution in [1.82, 2.24) is 4.90 Å². The van der Waals surface area contributed by atoms with Crippen molar-refractivity contribution in [2.75, 3.05) is 19.7 Å². The maximum Gasteiger partial charge on any atom is 0.308 e. The summed E-state index contributed by atoms with van der Waals surface area (Å²) in [6.45, 7) is 8.49. The average molecular weight is 293 g/mol. The minimum Gasteiger partial charge on any atom is -0.494 e. The Kier molecular flexibility index (Phi) is 6.21. The minimum absolute atomic E-state index is 0.156. The first-order valence-corrected chi connectivity index (χ1v) is 7.16. The molecule has 1 N–H and O–H groups in total. The van der Waals surface area contributed by atoms with Gasteiger partial charge in [-0.2, -0.15) is 0 Å². The van der Waals surface area contributed by atoms with Gasteiger partial charge in [-0.3, -0.25) is 9.59 Å². The van der Waals surface area contributed by atoms with Crippen LogP contribution in [0.2, 0.25) is 0 Å². The molecule has 1 amide bonds. The van der Waals surface area contributed by atoms with Crippen LogP contribution in [0.1, 0.15) is 36.7 Å². The van der Waals surface area contributed by atoms with Crippen molar-refractivity contribution in [3.63, 3.8) is 0 Å². The molecule has 21 heavy (non-hydrogen) atoms. The van der Waals surface area contributed by atoms with Gasteiger partial charge in [0.15, 0.2) is 0 Å². The van der Waals surface area contributed by atoms with Crippen LogP contribution in [0.15, 0.2) is 18.2 Å². The van der Waals surface area contributed by atoms with Crippen LogP contribution in [0, 0.1) is 12.8 Å². The molecule has 1 aromatic carbocycles. The lowest BCUT2D eigenvalue weighted by atomic mass is 10.1. The van der Waals surface area contributed by atoms with Crippen molar-refractivity contribution in [3.8, 4) is 5.75 Å². The molecule has 0 spiro atoms. The number of hydrogen-bond donors (Lipinski definition) is 1. The number of carbonyl (C=O) groups excluding carboxylic acids is 1. The highest BCUT2D eigenvalue weighted by atomic mass is 16.5. The molecule has 5 heteroatoms. The molecule has 0 bridgehead atoms. The first-order chi connectivity index (χ1) is 9.90. The molecule has 0 aliphatic heterocycles. The van der Waals surface area contributed by atoms with Crippen LogP contribution in [0.25, 0.3) is 0 Å². The lowest BCUT2D eigenvalue weighted by molar-refractivity contribution is -0.141. The van der Waals surface area contributed by atoms with Crippen LogP contribution < -0.4 is 4.74 Å². The van der Waals surface area contributed by atoms with Gasteiger partial charge in [0.2, 0.25) is 0 Å². The van der Waals surface area contributed by atoms with E-state index < -0.39 is 11.9 Å². The van der Waals surface area contributed by atoms with E-state index >= 15 is 0 Å². The highest BCUT2D eigenvalue weighted by Crippen LogP contribution is 2.20. The first kappa shape index (κ1) is 17.0. The van der Waals surface area contributed by atoms with Gasteiger partial charge < -0.3 is 14.7 Å². The largest absolute Gasteiger partial charge is 0.494 e. The summed E-state index contributed by atoms with van der Waals surface area (Å²) >= 11 is 0. The standard InChI is InChI=1S/C16H23NO4/c1-5-17(10-12(4)16(19)20)15(18)13-7-8-14(21-6-2)11(3)9-13/h7-9,12H,5-6,10H2,1-4H3,(H,19,20). The smallest absolute Gasteiger partial charge is 0.308 e. The second-order valence-corrected chi connectivity index (χ2v) is 5.00. The SMILES string of the molecule is CCOc1ccc(C(=O)N(CC)CC(C)C(=O)O)cc1C. The number of nitrogens with zero attached hydrogens (tertiary/aromatic N) is 1. The Balaban J connectivity index is 2.90. The topological polar surface area (TPSA) is 66.8 Å². The van der Waals surface area contributed by atoms with E-state index in [1.807, 2.05) is 20.8 Å². The van der Waals surface area contributed by atoms with Gasteiger partial charge in [0.05, 0.1) is 12.5 Å². The van der Waals surface area contributed by atoms with Crippen molar-refractivity contribution in [2.24, 2.45) is 5.92 Å². The van der Waals surface area contributed by atoms with E-state index in [9.17, 15) is 9.59 Å². The first-order valence-electron chi connectivity index (χ1n) is 7.16. The van der Waals surface area contributed by atoms with E-state index in [1.54, 1.807) is 30.0 Å². The monoisotopic (exact) mass is 293 g/mol. The summed E-state index contributed by atoms with van der Waals surface area (Å²) in [5, 5.41) is 8.96. The number of amides is 1. The van der Waals surface area contributed by atoms with Gasteiger partial charge in [-0.25, -0.2) is 0 Å². The van der Waals surface area contributed by atoms with Crippen LogP contribution in [0.5, 0.6) is 5.75 Å². The lowest BCUT2D eigenvalue weighted by Gasteiger charge is -2.23. The fourth-order valence-corrected chi connectivity index (χ4v) is 2.05. The molecular weight excluding hydrogens is 270 g/mol. The second kappa shape index (κ2) is 7.67. The molecule has 1 unspecified atom stereocenters. The number of hydrogen-bond acceptors (Lipinski definition) is 3. The van der Waals surface area contributed by atoms with E-state index in [2.05, 4.69) is 0 Å². The molecule has 0 saturated carbocycles. The van der Waals surface area contributed by atoms with Crippen LogP contribution in [0.3, 0.4) is 0 Å². The van der Waals surface area contributed by atoms with Crippen molar-refractivity contribution in [1.29, 1.82) is 0 Å². The van der Waals surface area contributed by atoms with Crippen molar-refractivity contribution >= 4 is 11.9 Å². The summed E-state index contributed by atoms with van der Waals surface area (Å²) < 4.78 is 5.45. The summed E-state index contributed by atoms with van der Waals surface area (Å²) in [5.74, 6) is -0.880. The van der Waals surface area contributed by atoms with Crippen LogP contribution in [0.4, 0.5) is 0 Å². The van der Waals surface area contributed by atoms with Crippen molar-refractivity contribution < 1.29 is 19.4 Å². The molecule has 1 rings (SSSR count). The Morgan fingerprint density at radius 2 is 2.00 bits per heavy atom. The number of benzene rings is 1. The molecule has 0 aromatic heterocycles. The molecular formula is C16H23NO4. The average Bonchev–Trinajstić information content (AvgIpc) is 2.45. The third-order valence-corrected chi connectivity index (χ3v) is 3.31. The number of aliphatic carboxylic acids is 1. The van der Waals surface area contributed by atoms with Crippen molar-refractivity contribution in [3.05, 3.63) is 29.3 Å². The number of ether oxygens (including phenoxy) is 1. The number of aryl methyl sites for hydroxylation is 1. The highest BCUT2D eigenvalue weighted by molar-refractivity contribution is 5.94. The van der Waals surface area contributed by atoms with Crippen LogP contribution >= 0.6 is 0 Å². The Bertz CT molecular complexity index is 513. The molecule has 0 radical (unpaired) electrons. The molecule has 0 heterocycles. The minimum atomic E-state index is -0.899. The normalized spacial score (nSPS) is 11.8. The van der Waals surface area contributed by atoms with Gasteiger partial charge in [0.1, 0.15) is 5.75 Å². The molecule has 0 aliphatic rings. The maximum absolute atomic E-state index is 12.4.